The summed E-state index contributed by atoms with van der Waals surface area (Å²) in [5, 5.41) is 6.15. The van der Waals surface area contributed by atoms with Crippen molar-refractivity contribution in [1.29, 1.82) is 0 Å². The Hall–Kier alpha value is -3.81. The molecule has 0 aliphatic carbocycles. The molecule has 0 unspecified atom stereocenters. The van der Waals surface area contributed by atoms with Gasteiger partial charge in [0, 0.05) is 45.5 Å². The number of nitrogens with zero attached hydrogens (tertiary/aromatic N) is 4. The van der Waals surface area contributed by atoms with Crippen LogP contribution < -0.4 is 20.3 Å². The highest BCUT2D eigenvalue weighted by Crippen LogP contribution is 2.30. The number of hydrogen-bond donors (Lipinski definition) is 2. The van der Waals surface area contributed by atoms with Gasteiger partial charge in [-0.1, -0.05) is 11.8 Å². The smallest absolute Gasteiger partial charge is 0.298 e. The van der Waals surface area contributed by atoms with Gasteiger partial charge in [0.2, 0.25) is 5.76 Å². The van der Waals surface area contributed by atoms with Crippen LogP contribution in [0.2, 0.25) is 0 Å². The Morgan fingerprint density at radius 3 is 2.91 bits per heavy atom. The van der Waals surface area contributed by atoms with Gasteiger partial charge in [0.25, 0.3) is 11.9 Å². The topological polar surface area (TPSA) is 95.2 Å². The molecule has 2 aromatic rings. The number of carbonyl (C=O) groups excluding carboxylic acids is 1. The number of ether oxygens (including phenoxy) is 1. The average molecular weight is 432 g/mol. The summed E-state index contributed by atoms with van der Waals surface area (Å²) < 4.78 is 11.1. The van der Waals surface area contributed by atoms with Crippen molar-refractivity contribution in [3.05, 3.63) is 70.7 Å². The van der Waals surface area contributed by atoms with Gasteiger partial charge in [0.05, 0.1) is 25.2 Å². The van der Waals surface area contributed by atoms with E-state index >= 15 is 0 Å². The first-order valence-corrected chi connectivity index (χ1v) is 10.5. The second kappa shape index (κ2) is 8.74. The van der Waals surface area contributed by atoms with Gasteiger partial charge in [-0.2, -0.15) is 0 Å². The number of rotatable bonds is 5. The normalized spacial score (nSPS) is 17.5. The maximum absolute atomic E-state index is 12.8. The molecule has 1 fully saturated rings. The lowest BCUT2D eigenvalue weighted by Gasteiger charge is -2.28. The predicted molar refractivity (Wildman–Crippen MR) is 119 cm³/mol. The Morgan fingerprint density at radius 2 is 2.06 bits per heavy atom. The fourth-order valence-corrected chi connectivity index (χ4v) is 3.93. The van der Waals surface area contributed by atoms with Gasteiger partial charge < -0.3 is 29.6 Å². The molecule has 9 heteroatoms. The molecule has 1 amide bonds. The van der Waals surface area contributed by atoms with Crippen molar-refractivity contribution in [2.24, 2.45) is 4.99 Å². The summed E-state index contributed by atoms with van der Waals surface area (Å²) in [5.41, 5.74) is 6.97. The van der Waals surface area contributed by atoms with Crippen LogP contribution in [0.3, 0.4) is 0 Å². The fourth-order valence-electron chi connectivity index (χ4n) is 3.93. The molecule has 4 heterocycles. The highest BCUT2D eigenvalue weighted by molar-refractivity contribution is 5.97. The summed E-state index contributed by atoms with van der Waals surface area (Å²) in [4.78, 5) is 25.5. The molecule has 9 nitrogen and oxygen atoms in total. The number of piperazine rings is 1. The second-order valence-corrected chi connectivity index (χ2v) is 7.71. The van der Waals surface area contributed by atoms with Gasteiger partial charge in [-0.15, -0.1) is 0 Å². The SMILES string of the molecule is COc1ccc2c(c1)CN(c1ncc(C(=O)NC3=C=C(N4CCNCC4)C=CN=C3)o1)C2. The number of fused-ring (bicyclic) bond motifs is 1. The Labute approximate surface area is 185 Å². The average Bonchev–Trinajstić information content (AvgIpc) is 3.42. The summed E-state index contributed by atoms with van der Waals surface area (Å²) in [6, 6.07) is 6.40. The van der Waals surface area contributed by atoms with E-state index in [2.05, 4.69) is 31.2 Å². The van der Waals surface area contributed by atoms with E-state index in [1.807, 2.05) is 29.2 Å². The van der Waals surface area contributed by atoms with Gasteiger partial charge in [-0.3, -0.25) is 9.79 Å². The third kappa shape index (κ3) is 4.16. The molecule has 5 rings (SSSR count). The van der Waals surface area contributed by atoms with Crippen LogP contribution in [-0.2, 0) is 13.1 Å². The third-order valence-electron chi connectivity index (χ3n) is 5.61. The lowest BCUT2D eigenvalue weighted by atomic mass is 10.1. The van der Waals surface area contributed by atoms with E-state index in [0.717, 1.165) is 43.2 Å². The first kappa shape index (κ1) is 20.1. The van der Waals surface area contributed by atoms with Crippen molar-refractivity contribution in [2.45, 2.75) is 13.1 Å². The Bertz CT molecular complexity index is 1150. The van der Waals surface area contributed by atoms with Crippen molar-refractivity contribution in [3.63, 3.8) is 0 Å². The third-order valence-corrected chi connectivity index (χ3v) is 5.61. The highest BCUT2D eigenvalue weighted by Gasteiger charge is 2.24. The molecule has 3 aliphatic rings. The van der Waals surface area contributed by atoms with E-state index in [4.69, 9.17) is 9.15 Å². The lowest BCUT2D eigenvalue weighted by molar-refractivity contribution is 0.0941. The van der Waals surface area contributed by atoms with Crippen LogP contribution in [-0.4, -0.2) is 55.3 Å². The molecule has 1 saturated heterocycles. The van der Waals surface area contributed by atoms with E-state index in [-0.39, 0.29) is 5.76 Å². The quantitative estimate of drug-likeness (QED) is 0.696. The van der Waals surface area contributed by atoms with Crippen LogP contribution in [0.15, 0.2) is 63.2 Å². The number of oxazole rings is 1. The molecule has 1 aromatic carbocycles. The van der Waals surface area contributed by atoms with Gasteiger partial charge in [0.15, 0.2) is 0 Å². The molecular weight excluding hydrogens is 408 g/mol. The minimum Gasteiger partial charge on any atom is -0.497 e. The largest absolute Gasteiger partial charge is 0.497 e. The zero-order valence-corrected chi connectivity index (χ0v) is 17.8. The Morgan fingerprint density at radius 1 is 1.22 bits per heavy atom. The number of anilines is 1. The van der Waals surface area contributed by atoms with Gasteiger partial charge >= 0.3 is 0 Å². The number of benzene rings is 1. The van der Waals surface area contributed by atoms with E-state index < -0.39 is 5.91 Å². The predicted octanol–water partition coefficient (Wildman–Crippen LogP) is 1.80. The molecule has 2 N–H and O–H groups in total. The zero-order valence-electron chi connectivity index (χ0n) is 17.8. The molecule has 3 aliphatic heterocycles. The Balaban J connectivity index is 1.29. The fraction of sp³-hybridized carbons (Fsp3) is 0.304. The van der Waals surface area contributed by atoms with E-state index in [1.54, 1.807) is 19.5 Å². The lowest BCUT2D eigenvalue weighted by Crippen LogP contribution is -2.42. The summed E-state index contributed by atoms with van der Waals surface area (Å²) >= 11 is 0. The first-order valence-electron chi connectivity index (χ1n) is 10.5. The van der Waals surface area contributed by atoms with Crippen LogP contribution in [0.1, 0.15) is 21.7 Å². The molecule has 32 heavy (non-hydrogen) atoms. The summed E-state index contributed by atoms with van der Waals surface area (Å²) in [5.74, 6) is 0.564. The number of hydrogen-bond acceptors (Lipinski definition) is 8. The maximum atomic E-state index is 12.8. The monoisotopic (exact) mass is 432 g/mol. The Kier molecular flexibility index (Phi) is 5.49. The highest BCUT2D eigenvalue weighted by atomic mass is 16.5. The molecule has 0 spiro atoms. The molecule has 0 bridgehead atoms. The van der Waals surface area contributed by atoms with Crippen LogP contribution in [0.25, 0.3) is 0 Å². The van der Waals surface area contributed by atoms with Crippen LogP contribution in [0.5, 0.6) is 5.75 Å². The molecular formula is C23H24N6O3. The maximum Gasteiger partial charge on any atom is 0.298 e. The number of allylic oxidation sites excluding steroid dienone is 1. The molecule has 0 saturated carbocycles. The van der Waals surface area contributed by atoms with Crippen molar-refractivity contribution in [3.8, 4) is 5.75 Å². The van der Waals surface area contributed by atoms with Crippen LogP contribution in [0.4, 0.5) is 6.01 Å². The van der Waals surface area contributed by atoms with E-state index in [0.29, 0.717) is 24.8 Å². The number of carbonyl (C=O) groups is 1. The molecule has 0 radical (unpaired) electrons. The van der Waals surface area contributed by atoms with Gasteiger partial charge in [-0.25, -0.2) is 4.98 Å². The zero-order chi connectivity index (χ0) is 21.9. The first-order chi connectivity index (χ1) is 15.7. The molecule has 164 valence electrons. The molecule has 0 atom stereocenters. The second-order valence-electron chi connectivity index (χ2n) is 7.71. The minimum atomic E-state index is -0.391. The summed E-state index contributed by atoms with van der Waals surface area (Å²) in [6.45, 7) is 4.90. The van der Waals surface area contributed by atoms with Gasteiger partial charge in [-0.05, 0) is 29.3 Å². The van der Waals surface area contributed by atoms with Crippen molar-refractivity contribution >= 4 is 18.1 Å². The van der Waals surface area contributed by atoms with E-state index in [9.17, 15) is 4.79 Å². The number of methoxy groups -OCH3 is 1. The van der Waals surface area contributed by atoms with Crippen molar-refractivity contribution < 1.29 is 13.9 Å². The number of amides is 1. The summed E-state index contributed by atoms with van der Waals surface area (Å²) in [6.07, 6.45) is 6.62. The summed E-state index contributed by atoms with van der Waals surface area (Å²) in [7, 11) is 1.65. The minimum absolute atomic E-state index is 0.136. The van der Waals surface area contributed by atoms with Crippen molar-refractivity contribution in [1.82, 2.24) is 20.5 Å². The number of aliphatic imine (C=N–C) groups is 1. The molecule has 1 aromatic heterocycles. The van der Waals surface area contributed by atoms with Gasteiger partial charge in [0.1, 0.15) is 11.4 Å². The van der Waals surface area contributed by atoms with Crippen molar-refractivity contribution in [2.75, 3.05) is 38.2 Å². The number of aromatic nitrogens is 1. The van der Waals surface area contributed by atoms with Crippen LogP contribution >= 0.6 is 0 Å². The van der Waals surface area contributed by atoms with Crippen LogP contribution in [0, 0.1) is 0 Å². The van der Waals surface area contributed by atoms with E-state index in [1.165, 1.54) is 11.8 Å². The number of nitrogens with one attached hydrogen (secondary N) is 2. The standard InChI is InChI=1S/C23H24N6O3/c1-31-20-3-2-16-14-29(15-17(16)10-20)23-26-13-21(32-23)22(30)27-18-11-19(4-5-25-12-18)28-8-6-24-7-9-28/h2-5,10,12-13,24H,6-9,14-15H2,1H3,(H,27,30).